The number of hydrogen-bond acceptors (Lipinski definition) is 4. The van der Waals surface area contributed by atoms with Gasteiger partial charge in [-0.2, -0.15) is 0 Å². The van der Waals surface area contributed by atoms with E-state index in [2.05, 4.69) is 24.9 Å². The van der Waals surface area contributed by atoms with E-state index in [1.54, 1.807) is 11.3 Å². The second-order valence-corrected chi connectivity index (χ2v) is 5.57. The van der Waals surface area contributed by atoms with E-state index in [9.17, 15) is 5.11 Å². The van der Waals surface area contributed by atoms with Gasteiger partial charge < -0.3 is 9.84 Å². The molecule has 2 rings (SSSR count). The smallest absolute Gasteiger partial charge is 0.119 e. The van der Waals surface area contributed by atoms with Gasteiger partial charge in [-0.05, 0) is 31.0 Å². The number of aromatic nitrogens is 1. The van der Waals surface area contributed by atoms with Crippen LogP contribution in [0, 0.1) is 6.92 Å². The van der Waals surface area contributed by atoms with Crippen LogP contribution < -0.4 is 4.74 Å². The van der Waals surface area contributed by atoms with Gasteiger partial charge in [0.05, 0.1) is 28.8 Å². The molecular formula is C15H19NO2S. The van der Waals surface area contributed by atoms with Crippen molar-refractivity contribution >= 4 is 11.3 Å². The third-order valence-corrected chi connectivity index (χ3v) is 4.02. The van der Waals surface area contributed by atoms with Gasteiger partial charge >= 0.3 is 0 Å². The summed E-state index contributed by atoms with van der Waals surface area (Å²) < 4.78 is 5.71. The van der Waals surface area contributed by atoms with E-state index in [0.717, 1.165) is 34.2 Å². The topological polar surface area (TPSA) is 42.4 Å². The Balaban J connectivity index is 1.90. The quantitative estimate of drug-likeness (QED) is 0.882. The number of thiazole rings is 1. The number of aliphatic hydroxyl groups excluding tert-OH is 1. The van der Waals surface area contributed by atoms with Gasteiger partial charge in [0.25, 0.3) is 0 Å². The number of aryl methyl sites for hydroxylation is 2. The fourth-order valence-corrected chi connectivity index (χ4v) is 2.90. The molecule has 0 unspecified atom stereocenters. The van der Waals surface area contributed by atoms with Crippen LogP contribution in [0.3, 0.4) is 0 Å². The van der Waals surface area contributed by atoms with Crippen molar-refractivity contribution in [3.05, 3.63) is 45.4 Å². The lowest BCUT2D eigenvalue weighted by molar-refractivity contribution is 0.284. The monoisotopic (exact) mass is 277 g/mol. The van der Waals surface area contributed by atoms with Crippen LogP contribution in [-0.2, 0) is 19.4 Å². The largest absolute Gasteiger partial charge is 0.493 e. The second-order valence-electron chi connectivity index (χ2n) is 4.40. The Hall–Kier alpha value is -1.39. The first-order valence-corrected chi connectivity index (χ1v) is 7.32. The zero-order valence-electron chi connectivity index (χ0n) is 11.3. The average Bonchev–Trinajstić information content (AvgIpc) is 2.81. The number of benzene rings is 1. The third kappa shape index (κ3) is 3.78. The molecule has 1 heterocycles. The summed E-state index contributed by atoms with van der Waals surface area (Å²) in [6.45, 7) is 4.81. The molecule has 3 nitrogen and oxygen atoms in total. The minimum absolute atomic E-state index is 0.0829. The van der Waals surface area contributed by atoms with Crippen molar-refractivity contribution in [2.75, 3.05) is 6.61 Å². The molecule has 19 heavy (non-hydrogen) atoms. The molecule has 0 saturated carbocycles. The Morgan fingerprint density at radius 1 is 1.37 bits per heavy atom. The zero-order chi connectivity index (χ0) is 13.7. The summed E-state index contributed by atoms with van der Waals surface area (Å²) in [4.78, 5) is 5.51. The molecule has 1 N–H and O–H groups in total. The van der Waals surface area contributed by atoms with Crippen molar-refractivity contribution in [1.29, 1.82) is 0 Å². The molecule has 0 amide bonds. The average molecular weight is 277 g/mol. The molecule has 102 valence electrons. The van der Waals surface area contributed by atoms with Crippen LogP contribution in [0.2, 0.25) is 0 Å². The highest BCUT2D eigenvalue weighted by molar-refractivity contribution is 7.11. The Bertz CT molecular complexity index is 515. The predicted octanol–water partition coefficient (Wildman–Crippen LogP) is 3.13. The molecule has 2 aromatic rings. The maximum atomic E-state index is 9.24. The Labute approximate surface area is 117 Å². The molecule has 0 spiro atoms. The van der Waals surface area contributed by atoms with Gasteiger partial charge in [0, 0.05) is 6.42 Å². The summed E-state index contributed by atoms with van der Waals surface area (Å²) in [7, 11) is 0. The fourth-order valence-electron chi connectivity index (χ4n) is 1.90. The third-order valence-electron chi connectivity index (χ3n) is 2.88. The van der Waals surface area contributed by atoms with E-state index in [1.165, 1.54) is 5.56 Å². The molecule has 1 aromatic heterocycles. The zero-order valence-corrected chi connectivity index (χ0v) is 12.2. The lowest BCUT2D eigenvalue weighted by Crippen LogP contribution is -2.01. The van der Waals surface area contributed by atoms with Gasteiger partial charge in [-0.25, -0.2) is 4.98 Å². The van der Waals surface area contributed by atoms with Crippen LogP contribution in [-0.4, -0.2) is 16.7 Å². The summed E-state index contributed by atoms with van der Waals surface area (Å²) >= 11 is 1.58. The lowest BCUT2D eigenvalue weighted by atomic mass is 10.2. The Kier molecular flexibility index (Phi) is 4.93. The van der Waals surface area contributed by atoms with E-state index < -0.39 is 0 Å². The molecule has 0 fully saturated rings. The molecule has 4 heteroatoms. The molecule has 0 radical (unpaired) electrons. The van der Waals surface area contributed by atoms with Crippen LogP contribution in [0.25, 0.3) is 0 Å². The van der Waals surface area contributed by atoms with Gasteiger partial charge in [0.15, 0.2) is 0 Å². The predicted molar refractivity (Wildman–Crippen MR) is 77.8 cm³/mol. The molecule has 0 atom stereocenters. The van der Waals surface area contributed by atoms with Crippen LogP contribution in [0.15, 0.2) is 24.3 Å². The maximum Gasteiger partial charge on any atom is 0.119 e. The first-order chi connectivity index (χ1) is 9.22. The van der Waals surface area contributed by atoms with Crippen LogP contribution in [0.1, 0.15) is 28.1 Å². The summed E-state index contributed by atoms with van der Waals surface area (Å²) in [6, 6.07) is 8.03. The number of nitrogens with zero attached hydrogens (tertiary/aromatic N) is 1. The fraction of sp³-hybridized carbons (Fsp3) is 0.400. The molecule has 0 bridgehead atoms. The van der Waals surface area contributed by atoms with Crippen LogP contribution in [0.5, 0.6) is 5.75 Å². The lowest BCUT2D eigenvalue weighted by Gasteiger charge is -2.05. The van der Waals surface area contributed by atoms with Gasteiger partial charge in [0.2, 0.25) is 0 Å². The van der Waals surface area contributed by atoms with Gasteiger partial charge in [0.1, 0.15) is 5.75 Å². The van der Waals surface area contributed by atoms with Crippen LogP contribution >= 0.6 is 11.3 Å². The van der Waals surface area contributed by atoms with E-state index in [4.69, 9.17) is 4.74 Å². The highest BCUT2D eigenvalue weighted by Crippen LogP contribution is 2.20. The van der Waals surface area contributed by atoms with Gasteiger partial charge in [-0.15, -0.1) is 11.3 Å². The van der Waals surface area contributed by atoms with E-state index in [1.807, 2.05) is 18.2 Å². The highest BCUT2D eigenvalue weighted by Gasteiger charge is 2.08. The standard InChI is InChI=1S/C15H19NO2S/c1-3-13-14(10-17)19-15(16-13)7-8-18-12-6-4-5-11(2)9-12/h4-6,9,17H,3,7-8,10H2,1-2H3. The van der Waals surface area contributed by atoms with Crippen molar-refractivity contribution < 1.29 is 9.84 Å². The summed E-state index contributed by atoms with van der Waals surface area (Å²) in [6.07, 6.45) is 1.65. The summed E-state index contributed by atoms with van der Waals surface area (Å²) in [5, 5.41) is 10.3. The van der Waals surface area contributed by atoms with Gasteiger partial charge in [-0.3, -0.25) is 0 Å². The minimum Gasteiger partial charge on any atom is -0.493 e. The van der Waals surface area contributed by atoms with Gasteiger partial charge in [-0.1, -0.05) is 19.1 Å². The minimum atomic E-state index is 0.0829. The number of hydrogen-bond donors (Lipinski definition) is 1. The van der Waals surface area contributed by atoms with Crippen LogP contribution in [0.4, 0.5) is 0 Å². The Morgan fingerprint density at radius 2 is 2.21 bits per heavy atom. The summed E-state index contributed by atoms with van der Waals surface area (Å²) in [5.74, 6) is 0.898. The maximum absolute atomic E-state index is 9.24. The van der Waals surface area contributed by atoms with E-state index in [-0.39, 0.29) is 6.61 Å². The number of rotatable bonds is 6. The first kappa shape index (κ1) is 14.0. The molecule has 1 aromatic carbocycles. The SMILES string of the molecule is CCc1nc(CCOc2cccc(C)c2)sc1CO. The van der Waals surface area contributed by atoms with Crippen molar-refractivity contribution in [3.63, 3.8) is 0 Å². The normalized spacial score (nSPS) is 10.7. The molecular weight excluding hydrogens is 258 g/mol. The second kappa shape index (κ2) is 6.68. The van der Waals surface area contributed by atoms with E-state index in [0.29, 0.717) is 6.61 Å². The number of aliphatic hydroxyl groups is 1. The van der Waals surface area contributed by atoms with Crippen molar-refractivity contribution in [2.45, 2.75) is 33.3 Å². The molecule has 0 aliphatic heterocycles. The van der Waals surface area contributed by atoms with E-state index >= 15 is 0 Å². The summed E-state index contributed by atoms with van der Waals surface area (Å²) in [5.41, 5.74) is 2.21. The van der Waals surface area contributed by atoms with Crippen molar-refractivity contribution in [1.82, 2.24) is 4.98 Å². The molecule has 0 aliphatic rings. The Morgan fingerprint density at radius 3 is 2.84 bits per heavy atom. The highest BCUT2D eigenvalue weighted by atomic mass is 32.1. The van der Waals surface area contributed by atoms with Crippen molar-refractivity contribution in [3.8, 4) is 5.75 Å². The molecule has 0 saturated heterocycles. The number of ether oxygens (including phenoxy) is 1. The first-order valence-electron chi connectivity index (χ1n) is 6.50. The molecule has 0 aliphatic carbocycles. The van der Waals surface area contributed by atoms with Crippen molar-refractivity contribution in [2.24, 2.45) is 0 Å².